The van der Waals surface area contributed by atoms with Crippen LogP contribution in [0.25, 0.3) is 6.08 Å². The van der Waals surface area contributed by atoms with Crippen LogP contribution in [-0.2, 0) is 11.2 Å². The van der Waals surface area contributed by atoms with Crippen molar-refractivity contribution in [3.63, 3.8) is 0 Å². The average Bonchev–Trinajstić information content (AvgIpc) is 2.82. The van der Waals surface area contributed by atoms with E-state index in [9.17, 15) is 30.0 Å². The maximum absolute atomic E-state index is 12.8. The van der Waals surface area contributed by atoms with Crippen LogP contribution in [0.15, 0.2) is 66.7 Å². The van der Waals surface area contributed by atoms with Gasteiger partial charge in [-0.3, -0.25) is 9.69 Å². The summed E-state index contributed by atoms with van der Waals surface area (Å²) in [4.78, 5) is 14.6. The minimum absolute atomic E-state index is 0.165. The van der Waals surface area contributed by atoms with Crippen molar-refractivity contribution in [1.29, 1.82) is 0 Å². The number of hydrogen-bond acceptors (Lipinski definition) is 1. The Morgan fingerprint density at radius 3 is 1.91 bits per heavy atom. The third-order valence-electron chi connectivity index (χ3n) is 5.01. The van der Waals surface area contributed by atoms with Gasteiger partial charge in [0.2, 0.25) is 11.7 Å². The fraction of sp³-hybridized carbons (Fsp3) is 0.273. The van der Waals surface area contributed by atoms with Gasteiger partial charge in [-0.15, -0.1) is 0 Å². The summed E-state index contributed by atoms with van der Waals surface area (Å²) < 4.78 is 61.4. The van der Waals surface area contributed by atoms with Crippen LogP contribution in [0.5, 0.6) is 0 Å². The molecule has 2 aromatic rings. The second-order valence-electron chi connectivity index (χ2n) is 7.88. The van der Waals surface area contributed by atoms with Crippen LogP contribution in [0, 0.1) is 0 Å². The molecule has 0 aromatic heterocycles. The van der Waals surface area contributed by atoms with Crippen LogP contribution in [-0.4, -0.2) is 40.3 Å². The molecule has 0 radical (unpaired) electrons. The molecule has 1 aliphatic rings. The third kappa shape index (κ3) is 8.46. The number of benzene rings is 2. The van der Waals surface area contributed by atoms with Gasteiger partial charge in [-0.25, -0.2) is 4.58 Å². The molecule has 1 amide bonds. The Morgan fingerprint density at radius 2 is 1.41 bits per heavy atom. The fourth-order valence-electron chi connectivity index (χ4n) is 3.29. The van der Waals surface area contributed by atoms with E-state index in [0.29, 0.717) is 6.42 Å². The molecule has 176 valence electrons. The number of amides is 1. The second kappa shape index (κ2) is 8.35. The number of halogens is 6. The van der Waals surface area contributed by atoms with Crippen LogP contribution in [0.1, 0.15) is 25.0 Å². The van der Waals surface area contributed by atoms with Gasteiger partial charge in [-0.05, 0) is 17.2 Å². The second-order valence-corrected chi connectivity index (χ2v) is 9.80. The molecule has 1 saturated heterocycles. The van der Waals surface area contributed by atoms with Crippen molar-refractivity contribution in [1.82, 2.24) is 4.90 Å². The first kappa shape index (κ1) is 25.6. The Morgan fingerprint density at radius 1 is 0.938 bits per heavy atom. The van der Waals surface area contributed by atoms with Crippen molar-refractivity contribution in [3.8, 4) is 0 Å². The number of carbonyl (C=O) groups excluding carboxylic acids is 1. The SMILES string of the molecule is CN1C(=O)[C@H](Cc2ccccc2)/[N+](=C\C=C\c2ccccc2)C1(C)C.F[P-](F)(F)(F)(F)F. The zero-order valence-electron chi connectivity index (χ0n) is 17.8. The molecule has 0 unspecified atom stereocenters. The molecule has 2 aromatic carbocycles. The monoisotopic (exact) mass is 478 g/mol. The standard InChI is InChI=1S/C22H25N2O.F6P/c1-22(2)23(3)21(25)20(17-19-13-8-5-9-14-19)24(22)16-10-15-18-11-6-4-7-12-18;1-7(2,3,4,5)6/h4-16,20H,17H2,1-3H3;/q+1;-1/b15-10+,24-16+;/t20-;/m0./s1. The molecule has 3 rings (SSSR count). The molecule has 0 spiro atoms. The molecule has 1 atom stereocenters. The minimum atomic E-state index is -10.7. The number of nitrogens with zero attached hydrogens (tertiary/aromatic N) is 2. The Bertz CT molecular complexity index is 992. The van der Waals surface area contributed by atoms with Crippen LogP contribution in [0.3, 0.4) is 0 Å². The summed E-state index contributed by atoms with van der Waals surface area (Å²) in [5, 5.41) is 0. The number of likely N-dealkylation sites (N-methyl/N-ethyl adjacent to an activating group) is 1. The zero-order valence-corrected chi connectivity index (χ0v) is 18.7. The summed E-state index contributed by atoms with van der Waals surface area (Å²) in [5.74, 6) is 0.165. The molecule has 3 nitrogen and oxygen atoms in total. The summed E-state index contributed by atoms with van der Waals surface area (Å²) in [6.07, 6.45) is 6.85. The van der Waals surface area contributed by atoms with Gasteiger partial charge in [0.1, 0.15) is 0 Å². The van der Waals surface area contributed by atoms with Gasteiger partial charge in [0.15, 0.2) is 6.21 Å². The van der Waals surface area contributed by atoms with Gasteiger partial charge in [-0.1, -0.05) is 60.7 Å². The summed E-state index contributed by atoms with van der Waals surface area (Å²) in [6, 6.07) is 20.2. The quantitative estimate of drug-likeness (QED) is 0.264. The molecule has 1 fully saturated rings. The van der Waals surface area contributed by atoms with Crippen LogP contribution >= 0.6 is 7.81 Å². The molecule has 1 aliphatic heterocycles. The number of rotatable bonds is 4. The van der Waals surface area contributed by atoms with Crippen LogP contribution in [0.4, 0.5) is 25.2 Å². The van der Waals surface area contributed by atoms with E-state index < -0.39 is 7.81 Å². The van der Waals surface area contributed by atoms with Gasteiger partial charge in [-0.2, -0.15) is 0 Å². The van der Waals surface area contributed by atoms with Crippen molar-refractivity contribution < 1.29 is 34.6 Å². The summed E-state index contributed by atoms with van der Waals surface area (Å²) in [6.45, 7) is 4.17. The van der Waals surface area contributed by atoms with E-state index >= 15 is 0 Å². The fourth-order valence-corrected chi connectivity index (χ4v) is 3.29. The molecular formula is C22H25F6N2OP. The first-order chi connectivity index (χ1) is 14.4. The van der Waals surface area contributed by atoms with E-state index in [1.165, 1.54) is 5.56 Å². The van der Waals surface area contributed by atoms with Crippen LogP contribution in [0.2, 0.25) is 0 Å². The first-order valence-corrected chi connectivity index (χ1v) is 11.7. The molecule has 0 saturated carbocycles. The van der Waals surface area contributed by atoms with Gasteiger partial charge >= 0.3 is 33.0 Å². The Labute approximate surface area is 182 Å². The van der Waals surface area contributed by atoms with Crippen molar-refractivity contribution in [2.45, 2.75) is 32.0 Å². The third-order valence-corrected chi connectivity index (χ3v) is 5.01. The topological polar surface area (TPSA) is 23.3 Å². The normalized spacial score (nSPS) is 21.8. The maximum atomic E-state index is 12.8. The van der Waals surface area contributed by atoms with Crippen molar-refractivity contribution in [2.75, 3.05) is 7.05 Å². The molecule has 10 heteroatoms. The van der Waals surface area contributed by atoms with Gasteiger partial charge in [0, 0.05) is 33.4 Å². The number of allylic oxidation sites excluding steroid dienone is 1. The summed E-state index contributed by atoms with van der Waals surface area (Å²) in [5.41, 5.74) is 1.98. The number of hydrogen-bond donors (Lipinski definition) is 0. The predicted molar refractivity (Wildman–Crippen MR) is 116 cm³/mol. The molecule has 0 aliphatic carbocycles. The van der Waals surface area contributed by atoms with E-state index in [2.05, 4.69) is 48.8 Å². The van der Waals surface area contributed by atoms with Gasteiger partial charge in [0.05, 0.1) is 0 Å². The Balaban J connectivity index is 0.000000451. The Kier molecular flexibility index (Phi) is 6.68. The molecule has 0 N–H and O–H groups in total. The Hall–Kier alpha value is -2.67. The average molecular weight is 478 g/mol. The summed E-state index contributed by atoms with van der Waals surface area (Å²) in [7, 11) is -8.77. The predicted octanol–water partition coefficient (Wildman–Crippen LogP) is 6.98. The van der Waals surface area contributed by atoms with Crippen molar-refractivity contribution >= 4 is 26.0 Å². The summed E-state index contributed by atoms with van der Waals surface area (Å²) >= 11 is 0. The van der Waals surface area contributed by atoms with Crippen molar-refractivity contribution in [3.05, 3.63) is 77.9 Å². The van der Waals surface area contributed by atoms with E-state index in [1.807, 2.05) is 60.6 Å². The van der Waals surface area contributed by atoms with E-state index in [0.717, 1.165) is 5.56 Å². The first-order valence-electron chi connectivity index (χ1n) is 9.68. The number of carbonyl (C=O) groups is 1. The van der Waals surface area contributed by atoms with Crippen LogP contribution < -0.4 is 0 Å². The molecule has 0 bridgehead atoms. The molecule has 32 heavy (non-hydrogen) atoms. The van der Waals surface area contributed by atoms with E-state index in [-0.39, 0.29) is 17.6 Å². The van der Waals surface area contributed by atoms with Gasteiger partial charge < -0.3 is 0 Å². The van der Waals surface area contributed by atoms with E-state index in [4.69, 9.17) is 0 Å². The molecule has 1 heterocycles. The van der Waals surface area contributed by atoms with Gasteiger partial charge in [0.25, 0.3) is 5.91 Å². The molecular weight excluding hydrogens is 453 g/mol. The van der Waals surface area contributed by atoms with Crippen molar-refractivity contribution in [2.24, 2.45) is 0 Å². The zero-order chi connectivity index (χ0) is 24.3. The van der Waals surface area contributed by atoms with E-state index in [1.54, 1.807) is 0 Å².